The number of para-hydroxylation sites is 1. The van der Waals surface area contributed by atoms with Gasteiger partial charge >= 0.3 is 0 Å². The predicted octanol–water partition coefficient (Wildman–Crippen LogP) is 2.31. The molecule has 0 spiro atoms. The summed E-state index contributed by atoms with van der Waals surface area (Å²) in [6.07, 6.45) is 1.76. The molecule has 0 bridgehead atoms. The van der Waals surface area contributed by atoms with Gasteiger partial charge in [-0.05, 0) is 12.1 Å². The van der Waals surface area contributed by atoms with Crippen molar-refractivity contribution in [2.24, 2.45) is 0 Å². The van der Waals surface area contributed by atoms with Gasteiger partial charge in [-0.3, -0.25) is 10.1 Å². The van der Waals surface area contributed by atoms with Crippen LogP contribution in [0.4, 0.5) is 0 Å². The van der Waals surface area contributed by atoms with Crippen molar-refractivity contribution >= 4 is 23.5 Å². The van der Waals surface area contributed by atoms with E-state index in [1.165, 1.54) is 0 Å². The van der Waals surface area contributed by atoms with Gasteiger partial charge in [0.1, 0.15) is 0 Å². The molecule has 3 aromatic rings. The average molecular weight is 228 g/mol. The van der Waals surface area contributed by atoms with Gasteiger partial charge in [-0.25, -0.2) is 4.98 Å². The molecular weight excluding hydrogens is 220 g/mol. The summed E-state index contributed by atoms with van der Waals surface area (Å²) in [6.45, 7) is 0. The molecule has 0 atom stereocenters. The molecule has 0 saturated carbocycles. The van der Waals surface area contributed by atoms with E-state index in [9.17, 15) is 0 Å². The van der Waals surface area contributed by atoms with Crippen LogP contribution in [0.2, 0.25) is 0 Å². The molecule has 0 unspecified atom stereocenters. The van der Waals surface area contributed by atoms with Gasteiger partial charge < -0.3 is 0 Å². The van der Waals surface area contributed by atoms with Gasteiger partial charge in [0.25, 0.3) is 0 Å². The summed E-state index contributed by atoms with van der Waals surface area (Å²) in [4.78, 5) is 8.49. The summed E-state index contributed by atoms with van der Waals surface area (Å²) < 4.78 is 0. The molecule has 1 N–H and O–H groups in total. The zero-order valence-electron chi connectivity index (χ0n) is 8.25. The summed E-state index contributed by atoms with van der Waals surface area (Å²) in [5, 5.41) is 8.31. The standard InChI is InChI=1S/C11H8N4S/c16-11-13-10(14-15-11)8-5-7-3-1-2-4-9(7)12-6-8/h1-6H,(H2,13,14,15,16). The number of hydrogen-bond donors (Lipinski definition) is 2. The van der Waals surface area contributed by atoms with Gasteiger partial charge in [0.15, 0.2) is 11.0 Å². The third kappa shape index (κ3) is 1.55. The first-order valence-electron chi connectivity index (χ1n) is 4.79. The van der Waals surface area contributed by atoms with Crippen molar-refractivity contribution in [1.82, 2.24) is 20.2 Å². The first kappa shape index (κ1) is 9.35. The Morgan fingerprint density at radius 1 is 1.19 bits per heavy atom. The quantitative estimate of drug-likeness (QED) is 0.628. The molecule has 16 heavy (non-hydrogen) atoms. The van der Waals surface area contributed by atoms with Gasteiger partial charge in [-0.1, -0.05) is 18.2 Å². The Morgan fingerprint density at radius 2 is 2.06 bits per heavy atom. The highest BCUT2D eigenvalue weighted by atomic mass is 32.1. The molecule has 0 aliphatic carbocycles. The molecule has 2 aromatic heterocycles. The smallest absolute Gasteiger partial charge is 0.183 e. The molecule has 5 heteroatoms. The van der Waals surface area contributed by atoms with Gasteiger partial charge in [-0.2, -0.15) is 5.10 Å². The number of hydrogen-bond acceptors (Lipinski definition) is 4. The Labute approximate surface area is 97.2 Å². The average Bonchev–Trinajstić information content (AvgIpc) is 2.75. The lowest BCUT2D eigenvalue weighted by molar-refractivity contribution is 0.980. The second-order valence-electron chi connectivity index (χ2n) is 3.40. The van der Waals surface area contributed by atoms with E-state index in [4.69, 9.17) is 0 Å². The number of thiol groups is 1. The van der Waals surface area contributed by atoms with Crippen LogP contribution in [0.5, 0.6) is 0 Å². The van der Waals surface area contributed by atoms with E-state index < -0.39 is 0 Å². The van der Waals surface area contributed by atoms with Crippen LogP contribution in [0.3, 0.4) is 0 Å². The Kier molecular flexibility index (Phi) is 2.11. The van der Waals surface area contributed by atoms with Crippen LogP contribution in [-0.2, 0) is 0 Å². The first-order valence-corrected chi connectivity index (χ1v) is 5.24. The second kappa shape index (κ2) is 3.61. The monoisotopic (exact) mass is 228 g/mol. The fourth-order valence-corrected chi connectivity index (χ4v) is 1.72. The van der Waals surface area contributed by atoms with Crippen molar-refractivity contribution in [3.8, 4) is 11.4 Å². The molecule has 2 heterocycles. The maximum Gasteiger partial charge on any atom is 0.183 e. The number of rotatable bonds is 1. The molecule has 4 nitrogen and oxygen atoms in total. The third-order valence-corrected chi connectivity index (χ3v) is 2.52. The highest BCUT2D eigenvalue weighted by molar-refractivity contribution is 7.80. The molecule has 0 saturated heterocycles. The summed E-state index contributed by atoms with van der Waals surface area (Å²) in [5.74, 6) is 0.614. The molecule has 0 fully saturated rings. The van der Waals surface area contributed by atoms with Crippen molar-refractivity contribution in [3.05, 3.63) is 36.5 Å². The normalized spacial score (nSPS) is 10.8. The highest BCUT2D eigenvalue weighted by Crippen LogP contribution is 2.19. The lowest BCUT2D eigenvalue weighted by Gasteiger charge is -1.98. The predicted molar refractivity (Wildman–Crippen MR) is 64.4 cm³/mol. The molecule has 78 valence electrons. The van der Waals surface area contributed by atoms with Crippen molar-refractivity contribution in [1.29, 1.82) is 0 Å². The number of benzene rings is 1. The molecule has 3 rings (SSSR count). The second-order valence-corrected chi connectivity index (χ2v) is 3.82. The van der Waals surface area contributed by atoms with Crippen molar-refractivity contribution in [2.45, 2.75) is 5.16 Å². The van der Waals surface area contributed by atoms with E-state index in [0.717, 1.165) is 16.5 Å². The lowest BCUT2D eigenvalue weighted by atomic mass is 10.1. The van der Waals surface area contributed by atoms with Crippen molar-refractivity contribution in [3.63, 3.8) is 0 Å². The maximum atomic E-state index is 4.35. The van der Waals surface area contributed by atoms with E-state index in [0.29, 0.717) is 11.0 Å². The van der Waals surface area contributed by atoms with Crippen LogP contribution in [-0.4, -0.2) is 20.2 Å². The molecule has 1 aromatic carbocycles. The lowest BCUT2D eigenvalue weighted by Crippen LogP contribution is -1.84. The van der Waals surface area contributed by atoms with Crippen LogP contribution in [0.1, 0.15) is 0 Å². The number of pyridine rings is 1. The number of nitrogens with one attached hydrogen (secondary N) is 1. The summed E-state index contributed by atoms with van der Waals surface area (Å²) in [7, 11) is 0. The number of nitrogens with zero attached hydrogens (tertiary/aromatic N) is 3. The number of aromatic amines is 1. The molecule has 0 aliphatic heterocycles. The summed E-state index contributed by atoms with van der Waals surface area (Å²) in [5.41, 5.74) is 1.85. The van der Waals surface area contributed by atoms with E-state index in [1.807, 2.05) is 30.3 Å². The fraction of sp³-hybridized carbons (Fsp3) is 0. The minimum absolute atomic E-state index is 0.503. The Balaban J connectivity index is 2.18. The van der Waals surface area contributed by atoms with E-state index in [-0.39, 0.29) is 0 Å². The van der Waals surface area contributed by atoms with Gasteiger partial charge in [-0.15, -0.1) is 12.6 Å². The largest absolute Gasteiger partial charge is 0.255 e. The van der Waals surface area contributed by atoms with E-state index in [2.05, 4.69) is 32.8 Å². The highest BCUT2D eigenvalue weighted by Gasteiger charge is 2.05. The van der Waals surface area contributed by atoms with E-state index in [1.54, 1.807) is 6.20 Å². The topological polar surface area (TPSA) is 54.5 Å². The van der Waals surface area contributed by atoms with Crippen LogP contribution in [0.25, 0.3) is 22.3 Å². The van der Waals surface area contributed by atoms with Crippen LogP contribution in [0, 0.1) is 0 Å². The van der Waals surface area contributed by atoms with Gasteiger partial charge in [0, 0.05) is 17.1 Å². The van der Waals surface area contributed by atoms with Gasteiger partial charge in [0.2, 0.25) is 0 Å². The molecular formula is C11H8N4S. The Hall–Kier alpha value is -1.88. The fourth-order valence-electron chi connectivity index (χ4n) is 1.58. The third-order valence-electron chi connectivity index (χ3n) is 2.32. The molecule has 0 amide bonds. The Bertz CT molecular complexity index is 647. The minimum atomic E-state index is 0.503. The zero-order chi connectivity index (χ0) is 11.0. The molecule has 0 aliphatic rings. The number of aromatic nitrogens is 4. The van der Waals surface area contributed by atoms with Crippen molar-refractivity contribution in [2.75, 3.05) is 0 Å². The van der Waals surface area contributed by atoms with Crippen molar-refractivity contribution < 1.29 is 0 Å². The zero-order valence-corrected chi connectivity index (χ0v) is 9.15. The summed E-state index contributed by atoms with van der Waals surface area (Å²) >= 11 is 4.08. The van der Waals surface area contributed by atoms with E-state index >= 15 is 0 Å². The Morgan fingerprint density at radius 3 is 2.88 bits per heavy atom. The van der Waals surface area contributed by atoms with Crippen LogP contribution >= 0.6 is 12.6 Å². The SMILES string of the molecule is Sc1nc(-c2cnc3ccccc3c2)n[nH]1. The van der Waals surface area contributed by atoms with Crippen LogP contribution in [0.15, 0.2) is 41.7 Å². The van der Waals surface area contributed by atoms with Crippen LogP contribution < -0.4 is 0 Å². The summed E-state index contributed by atoms with van der Waals surface area (Å²) in [6, 6.07) is 9.95. The minimum Gasteiger partial charge on any atom is -0.255 e. The maximum absolute atomic E-state index is 4.35. The van der Waals surface area contributed by atoms with Gasteiger partial charge in [0.05, 0.1) is 5.52 Å². The number of fused-ring (bicyclic) bond motifs is 1. The first-order chi connectivity index (χ1) is 7.83. The molecule has 0 radical (unpaired) electrons. The number of H-pyrrole nitrogens is 1.